The molecule has 3 rings (SSSR count). The molecule has 2 aromatic rings. The zero-order valence-corrected chi connectivity index (χ0v) is 12.0. The monoisotopic (exact) mass is 276 g/mol. The molecule has 2 heteroatoms. The first-order chi connectivity index (χ1) is 10.4. The van der Waals surface area contributed by atoms with Gasteiger partial charge in [-0.1, -0.05) is 42.3 Å². The van der Waals surface area contributed by atoms with Crippen LogP contribution in [0.15, 0.2) is 60.7 Å². The third-order valence-corrected chi connectivity index (χ3v) is 3.47. The standard InChI is InChI=1S/C19H18NO/c1-3-7-17(8-4-1)11-12-19(18-9-5-2-6-10-18)20-13-15-21-16-14-20/h1-10H,13-16H2/q+1. The van der Waals surface area contributed by atoms with Gasteiger partial charge < -0.3 is 4.74 Å². The van der Waals surface area contributed by atoms with E-state index >= 15 is 0 Å². The average Bonchev–Trinajstić information content (AvgIpc) is 2.58. The van der Waals surface area contributed by atoms with Crippen LogP contribution in [0.5, 0.6) is 0 Å². The maximum absolute atomic E-state index is 5.45. The summed E-state index contributed by atoms with van der Waals surface area (Å²) in [6, 6.07) is 20.5. The summed E-state index contributed by atoms with van der Waals surface area (Å²) in [7, 11) is 0. The van der Waals surface area contributed by atoms with Gasteiger partial charge in [-0.3, -0.25) is 0 Å². The third kappa shape index (κ3) is 3.59. The highest BCUT2D eigenvalue weighted by atomic mass is 16.5. The predicted octanol–water partition coefficient (Wildman–Crippen LogP) is 2.57. The largest absolute Gasteiger partial charge is 0.368 e. The smallest absolute Gasteiger partial charge is 0.259 e. The first-order valence-electron chi connectivity index (χ1n) is 7.25. The summed E-state index contributed by atoms with van der Waals surface area (Å²) in [4.78, 5) is 0. The van der Waals surface area contributed by atoms with Crippen molar-refractivity contribution >= 4 is 5.71 Å². The molecule has 104 valence electrons. The summed E-state index contributed by atoms with van der Waals surface area (Å²) in [5, 5.41) is 0. The van der Waals surface area contributed by atoms with Gasteiger partial charge in [0.05, 0.1) is 5.56 Å². The Balaban J connectivity index is 1.99. The van der Waals surface area contributed by atoms with E-state index in [1.807, 2.05) is 36.4 Å². The summed E-state index contributed by atoms with van der Waals surface area (Å²) in [5.74, 6) is 6.63. The van der Waals surface area contributed by atoms with E-state index in [1.165, 1.54) is 5.56 Å². The summed E-state index contributed by atoms with van der Waals surface area (Å²) in [5.41, 5.74) is 3.30. The van der Waals surface area contributed by atoms with Crippen molar-refractivity contribution in [2.45, 2.75) is 0 Å². The van der Waals surface area contributed by atoms with Crippen molar-refractivity contribution in [3.05, 3.63) is 71.8 Å². The first kappa shape index (κ1) is 13.6. The molecule has 1 fully saturated rings. The summed E-state index contributed by atoms with van der Waals surface area (Å²) >= 11 is 0. The number of benzene rings is 2. The topological polar surface area (TPSA) is 12.2 Å². The summed E-state index contributed by atoms with van der Waals surface area (Å²) in [6.07, 6.45) is 0. The quantitative estimate of drug-likeness (QED) is 0.576. The summed E-state index contributed by atoms with van der Waals surface area (Å²) in [6.45, 7) is 3.33. The molecule has 0 unspecified atom stereocenters. The fourth-order valence-electron chi connectivity index (χ4n) is 2.37. The van der Waals surface area contributed by atoms with Crippen molar-refractivity contribution < 1.29 is 9.31 Å². The number of rotatable bonds is 1. The van der Waals surface area contributed by atoms with E-state index in [0.717, 1.165) is 37.6 Å². The lowest BCUT2D eigenvalue weighted by atomic mass is 10.1. The molecule has 0 saturated carbocycles. The van der Waals surface area contributed by atoms with Crippen LogP contribution in [0, 0.1) is 11.8 Å². The maximum Gasteiger partial charge on any atom is 0.259 e. The Labute approximate surface area is 125 Å². The molecule has 2 nitrogen and oxygen atoms in total. The molecule has 1 saturated heterocycles. The number of hydrogen-bond donors (Lipinski definition) is 0. The van der Waals surface area contributed by atoms with Crippen molar-refractivity contribution in [3.8, 4) is 11.8 Å². The lowest BCUT2D eigenvalue weighted by molar-refractivity contribution is -0.547. The van der Waals surface area contributed by atoms with E-state index in [4.69, 9.17) is 4.74 Å². The van der Waals surface area contributed by atoms with Gasteiger partial charge >= 0.3 is 0 Å². The Hall–Kier alpha value is -2.37. The Morgan fingerprint density at radius 1 is 0.857 bits per heavy atom. The maximum atomic E-state index is 5.45. The van der Waals surface area contributed by atoms with Crippen LogP contribution < -0.4 is 0 Å². The van der Waals surface area contributed by atoms with Crippen LogP contribution in [0.2, 0.25) is 0 Å². The lowest BCUT2D eigenvalue weighted by Gasteiger charge is -2.12. The van der Waals surface area contributed by atoms with Gasteiger partial charge in [0.2, 0.25) is 0 Å². The van der Waals surface area contributed by atoms with E-state index in [2.05, 4.69) is 40.7 Å². The molecule has 0 aliphatic carbocycles. The van der Waals surface area contributed by atoms with Crippen LogP contribution in [0.25, 0.3) is 0 Å². The van der Waals surface area contributed by atoms with Crippen LogP contribution in [-0.2, 0) is 4.74 Å². The van der Waals surface area contributed by atoms with Crippen molar-refractivity contribution in [1.29, 1.82) is 0 Å². The summed E-state index contributed by atoms with van der Waals surface area (Å²) < 4.78 is 7.76. The third-order valence-electron chi connectivity index (χ3n) is 3.47. The van der Waals surface area contributed by atoms with Crippen molar-refractivity contribution in [1.82, 2.24) is 0 Å². The van der Waals surface area contributed by atoms with Gasteiger partial charge in [0.25, 0.3) is 5.71 Å². The number of morpholine rings is 1. The minimum atomic E-state index is 0.767. The molecule has 0 radical (unpaired) electrons. The van der Waals surface area contributed by atoms with E-state index in [1.54, 1.807) is 0 Å². The Morgan fingerprint density at radius 2 is 1.48 bits per heavy atom. The molecule has 0 atom stereocenters. The van der Waals surface area contributed by atoms with Gasteiger partial charge in [-0.05, 0) is 24.3 Å². The van der Waals surface area contributed by atoms with Crippen LogP contribution in [0.3, 0.4) is 0 Å². The molecule has 1 aliphatic heterocycles. The molecule has 0 bridgehead atoms. The van der Waals surface area contributed by atoms with Gasteiger partial charge in [0.1, 0.15) is 13.2 Å². The second kappa shape index (κ2) is 6.88. The van der Waals surface area contributed by atoms with Crippen molar-refractivity contribution in [2.24, 2.45) is 0 Å². The normalized spacial score (nSPS) is 14.2. The fraction of sp³-hybridized carbons (Fsp3) is 0.211. The van der Waals surface area contributed by atoms with Gasteiger partial charge in [0, 0.05) is 11.5 Å². The van der Waals surface area contributed by atoms with Gasteiger partial charge in [0.15, 0.2) is 13.1 Å². The molecule has 21 heavy (non-hydrogen) atoms. The predicted molar refractivity (Wildman–Crippen MR) is 84.7 cm³/mol. The molecule has 0 aromatic heterocycles. The van der Waals surface area contributed by atoms with Crippen LogP contribution >= 0.6 is 0 Å². The van der Waals surface area contributed by atoms with Gasteiger partial charge in [-0.25, -0.2) is 4.58 Å². The highest BCUT2D eigenvalue weighted by Crippen LogP contribution is 2.04. The van der Waals surface area contributed by atoms with Gasteiger partial charge in [-0.2, -0.15) is 0 Å². The average molecular weight is 276 g/mol. The molecule has 0 N–H and O–H groups in total. The molecule has 0 amide bonds. The van der Waals surface area contributed by atoms with Crippen LogP contribution in [0.4, 0.5) is 0 Å². The zero-order chi connectivity index (χ0) is 14.3. The molecular formula is C19H18NO+. The molecule has 1 aliphatic rings. The highest BCUT2D eigenvalue weighted by Gasteiger charge is 2.18. The minimum absolute atomic E-state index is 0.767. The zero-order valence-electron chi connectivity index (χ0n) is 12.0. The Morgan fingerprint density at radius 3 is 2.14 bits per heavy atom. The Kier molecular flexibility index (Phi) is 4.45. The van der Waals surface area contributed by atoms with E-state index in [-0.39, 0.29) is 0 Å². The number of hydrogen-bond acceptors (Lipinski definition) is 1. The second-order valence-corrected chi connectivity index (χ2v) is 4.93. The lowest BCUT2D eigenvalue weighted by Crippen LogP contribution is -2.33. The first-order valence-corrected chi connectivity index (χ1v) is 7.25. The fourth-order valence-corrected chi connectivity index (χ4v) is 2.37. The van der Waals surface area contributed by atoms with Crippen molar-refractivity contribution in [3.63, 3.8) is 0 Å². The molecule has 1 heterocycles. The van der Waals surface area contributed by atoms with E-state index in [9.17, 15) is 0 Å². The molecule has 0 spiro atoms. The van der Waals surface area contributed by atoms with E-state index in [0.29, 0.717) is 0 Å². The SMILES string of the molecule is C(#Cc1ccccc1)C(c1ccccc1)=[N+]1CCOCC1. The Bertz CT molecular complexity index is 670. The second-order valence-electron chi connectivity index (χ2n) is 4.93. The minimum Gasteiger partial charge on any atom is -0.368 e. The van der Waals surface area contributed by atoms with Gasteiger partial charge in [-0.15, -0.1) is 0 Å². The van der Waals surface area contributed by atoms with E-state index < -0.39 is 0 Å². The number of nitrogens with zero attached hydrogens (tertiary/aromatic N) is 1. The van der Waals surface area contributed by atoms with Crippen LogP contribution in [-0.4, -0.2) is 36.6 Å². The molecular weight excluding hydrogens is 258 g/mol. The van der Waals surface area contributed by atoms with Crippen molar-refractivity contribution in [2.75, 3.05) is 26.3 Å². The van der Waals surface area contributed by atoms with Crippen LogP contribution in [0.1, 0.15) is 11.1 Å². The highest BCUT2D eigenvalue weighted by molar-refractivity contribution is 6.10. The molecule has 2 aromatic carbocycles. The number of ether oxygens (including phenoxy) is 1.